The summed E-state index contributed by atoms with van der Waals surface area (Å²) in [6, 6.07) is 26.1. The first-order chi connectivity index (χ1) is 16.2. The lowest BCUT2D eigenvalue weighted by molar-refractivity contribution is 0.659. The first-order valence-corrected chi connectivity index (χ1v) is 11.8. The fraction of sp³-hybridized carbons (Fsp3) is 0.233. The maximum atomic E-state index is 6.09. The summed E-state index contributed by atoms with van der Waals surface area (Å²) in [6.07, 6.45) is 8.83. The van der Waals surface area contributed by atoms with Gasteiger partial charge in [-0.25, -0.2) is 0 Å². The maximum absolute atomic E-state index is 6.09. The molecule has 33 heavy (non-hydrogen) atoms. The Morgan fingerprint density at radius 3 is 1.52 bits per heavy atom. The Kier molecular flexibility index (Phi) is 7.24. The highest BCUT2D eigenvalue weighted by molar-refractivity contribution is 5.66. The molecule has 0 spiro atoms. The lowest BCUT2D eigenvalue weighted by atomic mass is 9.59. The zero-order valence-corrected chi connectivity index (χ0v) is 19.4. The zero-order valence-electron chi connectivity index (χ0n) is 19.4. The first-order valence-electron chi connectivity index (χ1n) is 11.8. The van der Waals surface area contributed by atoms with Gasteiger partial charge in [0.1, 0.15) is 0 Å². The van der Waals surface area contributed by atoms with Gasteiger partial charge in [-0.2, -0.15) is 0 Å². The van der Waals surface area contributed by atoms with E-state index in [-0.39, 0.29) is 0 Å². The molecular formula is C30H34N3. The molecule has 0 atom stereocenters. The molecule has 6 N–H and O–H groups in total. The van der Waals surface area contributed by atoms with E-state index in [4.69, 9.17) is 17.2 Å². The van der Waals surface area contributed by atoms with Crippen molar-refractivity contribution in [2.24, 2.45) is 17.2 Å². The van der Waals surface area contributed by atoms with Crippen LogP contribution in [0.15, 0.2) is 96.6 Å². The molecule has 3 nitrogen and oxygen atoms in total. The van der Waals surface area contributed by atoms with Crippen LogP contribution in [0.2, 0.25) is 0 Å². The summed E-state index contributed by atoms with van der Waals surface area (Å²) in [5.41, 5.74) is 26.1. The highest BCUT2D eigenvalue weighted by Gasteiger charge is 2.45. The van der Waals surface area contributed by atoms with Gasteiger partial charge < -0.3 is 17.2 Å². The molecule has 1 aliphatic rings. The molecule has 0 amide bonds. The van der Waals surface area contributed by atoms with Gasteiger partial charge in [0.05, 0.1) is 5.41 Å². The van der Waals surface area contributed by atoms with Crippen molar-refractivity contribution in [3.63, 3.8) is 0 Å². The Hall–Kier alpha value is -2.98. The van der Waals surface area contributed by atoms with Crippen molar-refractivity contribution in [1.82, 2.24) is 0 Å². The van der Waals surface area contributed by atoms with Gasteiger partial charge in [-0.05, 0) is 39.8 Å². The van der Waals surface area contributed by atoms with Crippen molar-refractivity contribution in [1.29, 1.82) is 0 Å². The van der Waals surface area contributed by atoms with E-state index in [2.05, 4.69) is 97.9 Å². The molecule has 0 heterocycles. The third-order valence-corrected chi connectivity index (χ3v) is 6.62. The molecule has 0 bridgehead atoms. The molecule has 1 radical (unpaired) electrons. The monoisotopic (exact) mass is 436 g/mol. The van der Waals surface area contributed by atoms with Crippen molar-refractivity contribution in [2.75, 3.05) is 0 Å². The smallest absolute Gasteiger partial charge is 0.0591 e. The standard InChI is InChI=1S/C30H34N3/c1-2-7-25-11-6-15-29(25)30(26-12-3-8-22(16-26)19-31,27-13-4-9-23(17-27)20-32)28-14-5-10-24(18-28)21-33/h3-6,8-18H,2,7,19-21,31-33H2,1H3. The Morgan fingerprint density at radius 1 is 0.667 bits per heavy atom. The lowest BCUT2D eigenvalue weighted by Crippen LogP contribution is -2.37. The van der Waals surface area contributed by atoms with Gasteiger partial charge in [-0.3, -0.25) is 0 Å². The Balaban J connectivity index is 2.11. The minimum Gasteiger partial charge on any atom is -0.326 e. The summed E-state index contributed by atoms with van der Waals surface area (Å²) in [7, 11) is 0. The van der Waals surface area contributed by atoms with Crippen molar-refractivity contribution < 1.29 is 0 Å². The SMILES string of the molecule is CCCC1=CC=C[C]1C(c1cccc(CN)c1)(c1cccc(CN)c1)c1cccc(CN)c1. The van der Waals surface area contributed by atoms with Crippen LogP contribution in [-0.2, 0) is 25.0 Å². The molecule has 3 aromatic rings. The molecule has 4 rings (SSSR count). The summed E-state index contributed by atoms with van der Waals surface area (Å²) < 4.78 is 0. The number of hydrogen-bond donors (Lipinski definition) is 3. The average Bonchev–Trinajstić information content (AvgIpc) is 3.33. The van der Waals surface area contributed by atoms with Crippen LogP contribution in [0, 0.1) is 5.92 Å². The summed E-state index contributed by atoms with van der Waals surface area (Å²) >= 11 is 0. The van der Waals surface area contributed by atoms with Gasteiger partial charge in [0, 0.05) is 25.6 Å². The molecule has 0 saturated carbocycles. The highest BCUT2D eigenvalue weighted by Crippen LogP contribution is 2.52. The van der Waals surface area contributed by atoms with E-state index < -0.39 is 5.41 Å². The topological polar surface area (TPSA) is 78.1 Å². The molecule has 169 valence electrons. The number of nitrogens with two attached hydrogens (primary N) is 3. The van der Waals surface area contributed by atoms with Gasteiger partial charge in [-0.15, -0.1) is 0 Å². The fourth-order valence-corrected chi connectivity index (χ4v) is 5.07. The maximum Gasteiger partial charge on any atom is 0.0591 e. The average molecular weight is 437 g/mol. The van der Waals surface area contributed by atoms with E-state index in [1.54, 1.807) is 0 Å². The molecule has 0 aliphatic heterocycles. The van der Waals surface area contributed by atoms with Crippen molar-refractivity contribution in [3.05, 3.63) is 136 Å². The quantitative estimate of drug-likeness (QED) is 0.400. The number of allylic oxidation sites excluding steroid dienone is 4. The third-order valence-electron chi connectivity index (χ3n) is 6.62. The van der Waals surface area contributed by atoms with Crippen LogP contribution in [0.1, 0.15) is 53.1 Å². The summed E-state index contributed by atoms with van der Waals surface area (Å²) in [6.45, 7) is 3.73. The molecule has 0 aromatic heterocycles. The van der Waals surface area contributed by atoms with Crippen LogP contribution in [0.4, 0.5) is 0 Å². The van der Waals surface area contributed by atoms with E-state index in [1.165, 1.54) is 28.2 Å². The number of rotatable bonds is 9. The molecule has 0 unspecified atom stereocenters. The Labute approximate surface area is 198 Å². The molecular weight excluding hydrogens is 402 g/mol. The van der Waals surface area contributed by atoms with Gasteiger partial charge in [0.15, 0.2) is 0 Å². The lowest BCUT2D eigenvalue weighted by Gasteiger charge is -2.42. The molecule has 3 aromatic carbocycles. The summed E-state index contributed by atoms with van der Waals surface area (Å²) in [5, 5.41) is 0. The van der Waals surface area contributed by atoms with E-state index in [0.717, 1.165) is 29.5 Å². The second-order valence-electron chi connectivity index (χ2n) is 8.68. The largest absolute Gasteiger partial charge is 0.326 e. The highest BCUT2D eigenvalue weighted by atomic mass is 14.5. The van der Waals surface area contributed by atoms with Crippen LogP contribution < -0.4 is 17.2 Å². The van der Waals surface area contributed by atoms with E-state index in [9.17, 15) is 0 Å². The van der Waals surface area contributed by atoms with Crippen molar-refractivity contribution in [2.45, 2.75) is 44.8 Å². The van der Waals surface area contributed by atoms with Crippen LogP contribution in [-0.4, -0.2) is 0 Å². The Bertz CT molecular complexity index is 1040. The minimum atomic E-state index is -0.504. The Morgan fingerprint density at radius 2 is 1.12 bits per heavy atom. The fourth-order valence-electron chi connectivity index (χ4n) is 5.07. The minimum absolute atomic E-state index is 0.498. The number of hydrogen-bond acceptors (Lipinski definition) is 3. The zero-order chi connectivity index (χ0) is 23.3. The molecule has 0 saturated heterocycles. The summed E-state index contributed by atoms with van der Waals surface area (Å²) in [5.74, 6) is 1.31. The normalized spacial score (nSPS) is 14.0. The first kappa shape index (κ1) is 23.2. The van der Waals surface area contributed by atoms with E-state index >= 15 is 0 Å². The van der Waals surface area contributed by atoms with Crippen LogP contribution >= 0.6 is 0 Å². The van der Waals surface area contributed by atoms with Gasteiger partial charge >= 0.3 is 0 Å². The third kappa shape index (κ3) is 4.32. The second-order valence-corrected chi connectivity index (χ2v) is 8.68. The predicted octanol–water partition coefficient (Wildman–Crippen LogP) is 5.27. The van der Waals surface area contributed by atoms with E-state index in [1.807, 2.05) is 0 Å². The van der Waals surface area contributed by atoms with Gasteiger partial charge in [0.25, 0.3) is 0 Å². The molecule has 3 heteroatoms. The molecule has 1 aliphatic carbocycles. The van der Waals surface area contributed by atoms with Crippen molar-refractivity contribution >= 4 is 0 Å². The predicted molar refractivity (Wildman–Crippen MR) is 138 cm³/mol. The van der Waals surface area contributed by atoms with Crippen LogP contribution in [0.25, 0.3) is 0 Å². The van der Waals surface area contributed by atoms with Crippen LogP contribution in [0.5, 0.6) is 0 Å². The number of benzene rings is 3. The van der Waals surface area contributed by atoms with E-state index in [0.29, 0.717) is 19.6 Å². The van der Waals surface area contributed by atoms with Crippen LogP contribution in [0.3, 0.4) is 0 Å². The van der Waals surface area contributed by atoms with Crippen molar-refractivity contribution in [3.8, 4) is 0 Å². The summed E-state index contributed by atoms with van der Waals surface area (Å²) in [4.78, 5) is 0. The molecule has 0 fully saturated rings. The van der Waals surface area contributed by atoms with Gasteiger partial charge in [0.2, 0.25) is 0 Å². The van der Waals surface area contributed by atoms with Gasteiger partial charge in [-0.1, -0.05) is 110 Å². The second kappa shape index (κ2) is 10.3.